The van der Waals surface area contributed by atoms with Gasteiger partial charge in [0, 0.05) is 62.4 Å². The van der Waals surface area contributed by atoms with Crippen LogP contribution in [0.25, 0.3) is 11.0 Å². The van der Waals surface area contributed by atoms with Crippen LogP contribution in [0.3, 0.4) is 0 Å². The highest BCUT2D eigenvalue weighted by Gasteiger charge is 2.23. The Balaban J connectivity index is 1.52. The maximum absolute atomic E-state index is 6.45. The molecule has 4 rings (SSSR count). The first-order valence-electron chi connectivity index (χ1n) is 8.97. The third-order valence-electron chi connectivity index (χ3n) is 4.85. The fourth-order valence-corrected chi connectivity index (χ4v) is 3.69. The second kappa shape index (κ2) is 7.51. The molecule has 136 valence electrons. The molecule has 6 nitrogen and oxygen atoms in total. The summed E-state index contributed by atoms with van der Waals surface area (Å²) in [7, 11) is 0. The smallest absolute Gasteiger partial charge is 0.0901 e. The number of piperazine rings is 1. The van der Waals surface area contributed by atoms with E-state index in [2.05, 4.69) is 50.0 Å². The van der Waals surface area contributed by atoms with Gasteiger partial charge in [0.15, 0.2) is 0 Å². The normalized spacial score (nSPS) is 20.4. The van der Waals surface area contributed by atoms with Gasteiger partial charge in [0.25, 0.3) is 0 Å². The van der Waals surface area contributed by atoms with Crippen LogP contribution in [0.1, 0.15) is 12.5 Å². The lowest BCUT2D eigenvalue weighted by Crippen LogP contribution is -2.50. The van der Waals surface area contributed by atoms with Gasteiger partial charge in [-0.2, -0.15) is 0 Å². The molecule has 0 radical (unpaired) electrons. The number of hydrogen-bond donors (Lipinski definition) is 3. The van der Waals surface area contributed by atoms with Gasteiger partial charge in [0.2, 0.25) is 0 Å². The Morgan fingerprint density at radius 1 is 1.27 bits per heavy atom. The highest BCUT2D eigenvalue weighted by Crippen LogP contribution is 2.23. The lowest BCUT2D eigenvalue weighted by Gasteiger charge is -2.39. The molecular formula is C19H23ClN6. The van der Waals surface area contributed by atoms with E-state index in [0.29, 0.717) is 17.6 Å². The number of nitrogens with one attached hydrogen (secondary N) is 3. The minimum Gasteiger partial charge on any atom is -0.386 e. The number of aromatic nitrogens is 2. The standard InChI is InChI=1S/C19H23ClN6/c1-13-10-22-6-7-26(13)19-2-3-21-12-18(19)25-11-14-8-16-17(9-15(14)20)24-5-4-23-16/h2,4-5,8-9,12-13,21-22,25H,3,6-7,10-11H2,1H3. The highest BCUT2D eigenvalue weighted by molar-refractivity contribution is 6.32. The topological polar surface area (TPSA) is 65.1 Å². The summed E-state index contributed by atoms with van der Waals surface area (Å²) in [4.78, 5) is 11.1. The third-order valence-corrected chi connectivity index (χ3v) is 5.20. The molecular weight excluding hydrogens is 348 g/mol. The van der Waals surface area contributed by atoms with Gasteiger partial charge in [-0.3, -0.25) is 9.97 Å². The van der Waals surface area contributed by atoms with Gasteiger partial charge in [-0.1, -0.05) is 11.6 Å². The number of dihydropyridines is 1. The Bertz CT molecular complexity index is 862. The van der Waals surface area contributed by atoms with Gasteiger partial charge in [-0.25, -0.2) is 0 Å². The van der Waals surface area contributed by atoms with Crippen molar-refractivity contribution in [3.8, 4) is 0 Å². The van der Waals surface area contributed by atoms with Crippen LogP contribution in [-0.4, -0.2) is 47.1 Å². The van der Waals surface area contributed by atoms with E-state index >= 15 is 0 Å². The van der Waals surface area contributed by atoms with E-state index in [9.17, 15) is 0 Å². The van der Waals surface area contributed by atoms with Gasteiger partial charge in [-0.15, -0.1) is 0 Å². The summed E-state index contributed by atoms with van der Waals surface area (Å²) in [5.74, 6) is 0. The zero-order valence-corrected chi connectivity index (χ0v) is 15.6. The van der Waals surface area contributed by atoms with Crippen molar-refractivity contribution >= 4 is 22.6 Å². The molecule has 0 spiro atoms. The molecule has 3 N–H and O–H groups in total. The molecule has 1 atom stereocenters. The number of rotatable bonds is 4. The van der Waals surface area contributed by atoms with Crippen LogP contribution >= 0.6 is 11.6 Å². The molecule has 1 fully saturated rings. The van der Waals surface area contributed by atoms with E-state index < -0.39 is 0 Å². The molecule has 1 aromatic heterocycles. The Morgan fingerprint density at radius 3 is 2.88 bits per heavy atom. The summed E-state index contributed by atoms with van der Waals surface area (Å²) >= 11 is 6.45. The minimum absolute atomic E-state index is 0.470. The second-order valence-corrected chi connectivity index (χ2v) is 7.05. The summed E-state index contributed by atoms with van der Waals surface area (Å²) in [6.07, 6.45) is 7.69. The van der Waals surface area contributed by atoms with E-state index in [1.54, 1.807) is 12.4 Å². The van der Waals surface area contributed by atoms with Crippen LogP contribution in [0, 0.1) is 0 Å². The summed E-state index contributed by atoms with van der Waals surface area (Å²) in [5, 5.41) is 11.0. The number of hydrogen-bond acceptors (Lipinski definition) is 6. The van der Waals surface area contributed by atoms with Gasteiger partial charge >= 0.3 is 0 Å². The Hall–Kier alpha value is -2.31. The molecule has 3 heterocycles. The van der Waals surface area contributed by atoms with Gasteiger partial charge in [0.1, 0.15) is 0 Å². The first-order chi connectivity index (χ1) is 12.7. The molecule has 2 aromatic rings. The predicted molar refractivity (Wildman–Crippen MR) is 105 cm³/mol. The molecule has 0 aliphatic carbocycles. The van der Waals surface area contributed by atoms with Crippen molar-refractivity contribution in [2.45, 2.75) is 19.5 Å². The number of fused-ring (bicyclic) bond motifs is 1. The minimum atomic E-state index is 0.470. The van der Waals surface area contributed by atoms with Crippen LogP contribution in [0.15, 0.2) is 48.2 Å². The summed E-state index contributed by atoms with van der Waals surface area (Å²) in [6.45, 7) is 6.77. The molecule has 7 heteroatoms. The highest BCUT2D eigenvalue weighted by atomic mass is 35.5. The van der Waals surface area contributed by atoms with E-state index in [4.69, 9.17) is 11.6 Å². The van der Waals surface area contributed by atoms with Crippen molar-refractivity contribution in [2.75, 3.05) is 26.2 Å². The fraction of sp³-hybridized carbons (Fsp3) is 0.368. The number of benzene rings is 1. The SMILES string of the molecule is CC1CNCCN1C1=CCNC=C1NCc1cc2nccnc2cc1Cl. The average molecular weight is 371 g/mol. The van der Waals surface area contributed by atoms with Crippen molar-refractivity contribution in [3.63, 3.8) is 0 Å². The van der Waals surface area contributed by atoms with Crippen LogP contribution in [0.5, 0.6) is 0 Å². The van der Waals surface area contributed by atoms with Crippen LogP contribution in [0.2, 0.25) is 5.02 Å². The van der Waals surface area contributed by atoms with E-state index in [1.165, 1.54) is 5.70 Å². The lowest BCUT2D eigenvalue weighted by atomic mass is 10.1. The van der Waals surface area contributed by atoms with Gasteiger partial charge in [0.05, 0.1) is 22.4 Å². The molecule has 26 heavy (non-hydrogen) atoms. The molecule has 1 saturated heterocycles. The Labute approximate surface area is 158 Å². The lowest BCUT2D eigenvalue weighted by molar-refractivity contribution is 0.223. The van der Waals surface area contributed by atoms with Crippen molar-refractivity contribution in [3.05, 3.63) is 58.8 Å². The Morgan fingerprint density at radius 2 is 2.08 bits per heavy atom. The second-order valence-electron chi connectivity index (χ2n) is 6.64. The monoisotopic (exact) mass is 370 g/mol. The molecule has 2 aliphatic rings. The zero-order chi connectivity index (χ0) is 17.9. The number of nitrogens with zero attached hydrogens (tertiary/aromatic N) is 3. The van der Waals surface area contributed by atoms with Crippen LogP contribution in [-0.2, 0) is 6.54 Å². The fourth-order valence-electron chi connectivity index (χ4n) is 3.47. The molecule has 1 aromatic carbocycles. The largest absolute Gasteiger partial charge is 0.386 e. The molecule has 0 amide bonds. The maximum Gasteiger partial charge on any atom is 0.0901 e. The predicted octanol–water partition coefficient (Wildman–Crippen LogP) is 2.00. The van der Waals surface area contributed by atoms with E-state index in [1.807, 2.05) is 12.1 Å². The number of halogens is 1. The van der Waals surface area contributed by atoms with E-state index in [-0.39, 0.29) is 0 Å². The van der Waals surface area contributed by atoms with Crippen molar-refractivity contribution in [1.29, 1.82) is 0 Å². The molecule has 2 aliphatic heterocycles. The zero-order valence-electron chi connectivity index (χ0n) is 14.8. The van der Waals surface area contributed by atoms with Gasteiger partial charge < -0.3 is 20.9 Å². The van der Waals surface area contributed by atoms with Crippen molar-refractivity contribution in [2.24, 2.45) is 0 Å². The Kier molecular flexibility index (Phi) is 4.95. The van der Waals surface area contributed by atoms with Crippen molar-refractivity contribution < 1.29 is 0 Å². The third kappa shape index (κ3) is 3.48. The quantitative estimate of drug-likeness (QED) is 0.765. The average Bonchev–Trinajstić information content (AvgIpc) is 2.67. The van der Waals surface area contributed by atoms with E-state index in [0.717, 1.165) is 48.5 Å². The first kappa shape index (κ1) is 17.1. The van der Waals surface area contributed by atoms with Gasteiger partial charge in [-0.05, 0) is 30.7 Å². The summed E-state index contributed by atoms with van der Waals surface area (Å²) < 4.78 is 0. The van der Waals surface area contributed by atoms with Crippen LogP contribution in [0.4, 0.5) is 0 Å². The maximum atomic E-state index is 6.45. The van der Waals surface area contributed by atoms with Crippen molar-refractivity contribution in [1.82, 2.24) is 30.8 Å². The summed E-state index contributed by atoms with van der Waals surface area (Å²) in [5.41, 5.74) is 5.04. The molecule has 0 saturated carbocycles. The first-order valence-corrected chi connectivity index (χ1v) is 9.34. The van der Waals surface area contributed by atoms with Crippen LogP contribution < -0.4 is 16.0 Å². The molecule has 1 unspecified atom stereocenters. The summed E-state index contributed by atoms with van der Waals surface area (Å²) in [6, 6.07) is 4.35. The molecule has 0 bridgehead atoms.